The Hall–Kier alpha value is -2.88. The number of amides is 1. The topological polar surface area (TPSA) is 38.3 Å². The number of para-hydroxylation sites is 1. The minimum absolute atomic E-state index is 0.194. The fourth-order valence-electron chi connectivity index (χ4n) is 2.59. The van der Waals surface area contributed by atoms with Crippen LogP contribution in [0.5, 0.6) is 5.75 Å². The van der Waals surface area contributed by atoms with Gasteiger partial charge < -0.3 is 10.1 Å². The summed E-state index contributed by atoms with van der Waals surface area (Å²) in [7, 11) is 1.63. The molecule has 0 bridgehead atoms. The zero-order valence-corrected chi connectivity index (χ0v) is 13.5. The number of rotatable bonds is 4. The van der Waals surface area contributed by atoms with Crippen LogP contribution in [0.2, 0.25) is 0 Å². The molecule has 3 rings (SSSR count). The third-order valence-corrected chi connectivity index (χ3v) is 4.10. The molecule has 0 fully saturated rings. The number of halogens is 1. The Morgan fingerprint density at radius 2 is 1.75 bits per heavy atom. The molecule has 0 aliphatic carbocycles. The largest absolute Gasteiger partial charge is 0.497 e. The van der Waals surface area contributed by atoms with Gasteiger partial charge in [-0.1, -0.05) is 36.4 Å². The summed E-state index contributed by atoms with van der Waals surface area (Å²) < 4.78 is 18.9. The van der Waals surface area contributed by atoms with Gasteiger partial charge >= 0.3 is 0 Å². The molecule has 1 amide bonds. The number of fused-ring (bicyclic) bond motifs is 1. The molecule has 1 N–H and O–H groups in total. The van der Waals surface area contributed by atoms with E-state index in [4.69, 9.17) is 4.74 Å². The van der Waals surface area contributed by atoms with Gasteiger partial charge in [-0.05, 0) is 47.5 Å². The summed E-state index contributed by atoms with van der Waals surface area (Å²) in [5.74, 6) is -0.284. The zero-order chi connectivity index (χ0) is 17.1. The third kappa shape index (κ3) is 3.23. The highest BCUT2D eigenvalue weighted by Crippen LogP contribution is 2.26. The first kappa shape index (κ1) is 16.0. The molecule has 0 heterocycles. The lowest BCUT2D eigenvalue weighted by Gasteiger charge is -2.14. The van der Waals surface area contributed by atoms with Gasteiger partial charge in [-0.25, -0.2) is 4.39 Å². The Balaban J connectivity index is 1.83. The molecule has 0 radical (unpaired) electrons. The molecule has 122 valence electrons. The van der Waals surface area contributed by atoms with Gasteiger partial charge in [-0.15, -0.1) is 0 Å². The molecule has 3 aromatic carbocycles. The highest BCUT2D eigenvalue weighted by Gasteiger charge is 2.17. The zero-order valence-electron chi connectivity index (χ0n) is 13.5. The number of hydrogen-bond donors (Lipinski definition) is 1. The fourth-order valence-corrected chi connectivity index (χ4v) is 2.59. The van der Waals surface area contributed by atoms with E-state index in [2.05, 4.69) is 5.32 Å². The number of nitrogens with one attached hydrogen (secondary N) is 1. The maximum absolute atomic E-state index is 13.7. The van der Waals surface area contributed by atoms with Gasteiger partial charge in [0, 0.05) is 0 Å². The Bertz CT molecular complexity index is 892. The van der Waals surface area contributed by atoms with Gasteiger partial charge in [0.1, 0.15) is 11.6 Å². The van der Waals surface area contributed by atoms with Gasteiger partial charge in [0.05, 0.1) is 18.7 Å². The van der Waals surface area contributed by atoms with Crippen LogP contribution in [0.1, 0.15) is 18.4 Å². The van der Waals surface area contributed by atoms with Crippen LogP contribution >= 0.6 is 0 Å². The first-order chi connectivity index (χ1) is 11.6. The summed E-state index contributed by atoms with van der Waals surface area (Å²) in [6.07, 6.45) is 0. The molecule has 4 heteroatoms. The lowest BCUT2D eigenvalue weighted by Crippen LogP contribution is -2.19. The van der Waals surface area contributed by atoms with E-state index >= 15 is 0 Å². The molecule has 1 atom stereocenters. The van der Waals surface area contributed by atoms with Crippen molar-refractivity contribution in [2.45, 2.75) is 12.8 Å². The molecule has 0 saturated heterocycles. The Morgan fingerprint density at radius 3 is 2.50 bits per heavy atom. The van der Waals surface area contributed by atoms with Gasteiger partial charge in [0.15, 0.2) is 0 Å². The Labute approximate surface area is 140 Å². The van der Waals surface area contributed by atoms with E-state index in [0.717, 1.165) is 22.1 Å². The Morgan fingerprint density at radius 1 is 1.04 bits per heavy atom. The van der Waals surface area contributed by atoms with Gasteiger partial charge in [-0.2, -0.15) is 0 Å². The second-order valence-electron chi connectivity index (χ2n) is 5.66. The van der Waals surface area contributed by atoms with Gasteiger partial charge in [0.2, 0.25) is 5.91 Å². The predicted molar refractivity (Wildman–Crippen MR) is 93.9 cm³/mol. The van der Waals surface area contributed by atoms with Crippen LogP contribution in [0.3, 0.4) is 0 Å². The van der Waals surface area contributed by atoms with Crippen molar-refractivity contribution in [1.82, 2.24) is 0 Å². The molecule has 3 nitrogen and oxygen atoms in total. The molecule has 24 heavy (non-hydrogen) atoms. The number of benzene rings is 3. The molecule has 0 unspecified atom stereocenters. The van der Waals surface area contributed by atoms with Crippen LogP contribution in [0, 0.1) is 5.82 Å². The van der Waals surface area contributed by atoms with E-state index in [1.807, 2.05) is 36.4 Å². The minimum atomic E-state index is -0.441. The second kappa shape index (κ2) is 6.71. The summed E-state index contributed by atoms with van der Waals surface area (Å²) in [4.78, 5) is 12.4. The molecular formula is C20H18FNO2. The number of hydrogen-bond acceptors (Lipinski definition) is 2. The van der Waals surface area contributed by atoms with E-state index < -0.39 is 11.7 Å². The van der Waals surface area contributed by atoms with Crippen molar-refractivity contribution in [1.29, 1.82) is 0 Å². The van der Waals surface area contributed by atoms with Crippen molar-refractivity contribution in [3.63, 3.8) is 0 Å². The van der Waals surface area contributed by atoms with Gasteiger partial charge in [-0.3, -0.25) is 4.79 Å². The summed E-state index contributed by atoms with van der Waals surface area (Å²) >= 11 is 0. The van der Waals surface area contributed by atoms with E-state index in [1.165, 1.54) is 6.07 Å². The van der Waals surface area contributed by atoms with Crippen LogP contribution in [-0.2, 0) is 4.79 Å². The summed E-state index contributed by atoms with van der Waals surface area (Å²) in [5, 5.41) is 4.71. The van der Waals surface area contributed by atoms with Crippen molar-refractivity contribution in [2.24, 2.45) is 0 Å². The summed E-state index contributed by atoms with van der Waals surface area (Å²) in [5.41, 5.74) is 1.07. The van der Waals surface area contributed by atoms with Gasteiger partial charge in [0.25, 0.3) is 0 Å². The number of ether oxygens (including phenoxy) is 1. The molecule has 0 saturated carbocycles. The van der Waals surface area contributed by atoms with Crippen molar-refractivity contribution in [3.8, 4) is 5.75 Å². The monoisotopic (exact) mass is 323 g/mol. The fraction of sp³-hybridized carbons (Fsp3) is 0.150. The van der Waals surface area contributed by atoms with Crippen molar-refractivity contribution < 1.29 is 13.9 Å². The van der Waals surface area contributed by atoms with Crippen molar-refractivity contribution >= 4 is 22.4 Å². The standard InChI is InChI=1S/C20H18FNO2/c1-13(20(23)22-19-6-4-3-5-18(19)21)14-7-8-16-12-17(24-2)10-9-15(16)11-14/h3-13H,1-2H3,(H,22,23)/t13-/m0/s1. The third-order valence-electron chi connectivity index (χ3n) is 4.10. The molecule has 0 spiro atoms. The van der Waals surface area contributed by atoms with E-state index in [-0.39, 0.29) is 11.6 Å². The number of carbonyl (C=O) groups excluding carboxylic acids is 1. The van der Waals surface area contributed by atoms with Crippen LogP contribution in [0.25, 0.3) is 10.8 Å². The maximum atomic E-state index is 13.7. The van der Waals surface area contributed by atoms with E-state index in [9.17, 15) is 9.18 Å². The SMILES string of the molecule is COc1ccc2cc([C@H](C)C(=O)Nc3ccccc3F)ccc2c1. The average Bonchev–Trinajstić information content (AvgIpc) is 2.62. The number of methoxy groups -OCH3 is 1. The highest BCUT2D eigenvalue weighted by atomic mass is 19.1. The lowest BCUT2D eigenvalue weighted by atomic mass is 9.97. The smallest absolute Gasteiger partial charge is 0.231 e. The molecule has 0 aliphatic heterocycles. The van der Waals surface area contributed by atoms with Crippen LogP contribution in [0.4, 0.5) is 10.1 Å². The maximum Gasteiger partial charge on any atom is 0.231 e. The normalized spacial score (nSPS) is 12.0. The van der Waals surface area contributed by atoms with E-state index in [1.54, 1.807) is 32.2 Å². The van der Waals surface area contributed by atoms with E-state index in [0.29, 0.717) is 0 Å². The van der Waals surface area contributed by atoms with Crippen LogP contribution in [0.15, 0.2) is 60.7 Å². The second-order valence-corrected chi connectivity index (χ2v) is 5.66. The van der Waals surface area contributed by atoms with Crippen molar-refractivity contribution in [2.75, 3.05) is 12.4 Å². The van der Waals surface area contributed by atoms with Crippen LogP contribution < -0.4 is 10.1 Å². The highest BCUT2D eigenvalue weighted by molar-refractivity contribution is 5.96. The molecular weight excluding hydrogens is 305 g/mol. The minimum Gasteiger partial charge on any atom is -0.497 e. The first-order valence-electron chi connectivity index (χ1n) is 7.71. The lowest BCUT2D eigenvalue weighted by molar-refractivity contribution is -0.117. The summed E-state index contributed by atoms with van der Waals surface area (Å²) in [6, 6.07) is 17.8. The Kier molecular flexibility index (Phi) is 4.47. The number of anilines is 1. The molecule has 3 aromatic rings. The quantitative estimate of drug-likeness (QED) is 0.754. The average molecular weight is 323 g/mol. The first-order valence-corrected chi connectivity index (χ1v) is 7.71. The number of carbonyl (C=O) groups is 1. The molecule has 0 aliphatic rings. The van der Waals surface area contributed by atoms with Crippen LogP contribution in [-0.4, -0.2) is 13.0 Å². The van der Waals surface area contributed by atoms with Crippen molar-refractivity contribution in [3.05, 3.63) is 72.0 Å². The molecule has 0 aromatic heterocycles. The summed E-state index contributed by atoms with van der Waals surface area (Å²) in [6.45, 7) is 1.81. The predicted octanol–water partition coefficient (Wildman–Crippen LogP) is 4.73.